The standard InChI is InChI=1S/C15H25N3O4S/c1-2-3-6-17-14(21)15(4-7-22-8-5-15)18-11(13(16)20)9-23-10-12(18)19/h11H,2-10H2,1H3,(H2,16,20)(H,17,21)/t11-/m0/s1. The smallest absolute Gasteiger partial charge is 0.246 e. The largest absolute Gasteiger partial charge is 0.381 e. The summed E-state index contributed by atoms with van der Waals surface area (Å²) in [6.07, 6.45) is 2.64. The molecule has 2 rings (SSSR count). The predicted octanol–water partition coefficient (Wildman–Crippen LogP) is -0.119. The van der Waals surface area contributed by atoms with Crippen LogP contribution < -0.4 is 11.1 Å². The summed E-state index contributed by atoms with van der Waals surface area (Å²) in [6.45, 7) is 3.40. The molecule has 0 unspecified atom stereocenters. The lowest BCUT2D eigenvalue weighted by atomic mass is 9.85. The summed E-state index contributed by atoms with van der Waals surface area (Å²) in [5.41, 5.74) is 4.47. The van der Waals surface area contributed by atoms with Crippen molar-refractivity contribution >= 4 is 29.5 Å². The molecule has 23 heavy (non-hydrogen) atoms. The zero-order valence-electron chi connectivity index (χ0n) is 13.5. The topological polar surface area (TPSA) is 102 Å². The Kier molecular flexibility index (Phi) is 6.29. The van der Waals surface area contributed by atoms with E-state index in [9.17, 15) is 14.4 Å². The number of rotatable bonds is 6. The molecule has 8 heteroatoms. The van der Waals surface area contributed by atoms with Gasteiger partial charge in [0.1, 0.15) is 11.6 Å². The molecule has 0 aromatic rings. The molecule has 3 N–H and O–H groups in total. The minimum absolute atomic E-state index is 0.194. The van der Waals surface area contributed by atoms with E-state index < -0.39 is 17.5 Å². The fourth-order valence-corrected chi connectivity index (χ4v) is 4.12. The van der Waals surface area contributed by atoms with Crippen molar-refractivity contribution in [1.29, 1.82) is 0 Å². The molecular weight excluding hydrogens is 318 g/mol. The van der Waals surface area contributed by atoms with Crippen LogP contribution in [-0.4, -0.2) is 65.5 Å². The molecule has 2 fully saturated rings. The third kappa shape index (κ3) is 3.80. The molecule has 0 saturated carbocycles. The van der Waals surface area contributed by atoms with Crippen molar-refractivity contribution in [2.75, 3.05) is 31.3 Å². The summed E-state index contributed by atoms with van der Waals surface area (Å²) in [6, 6.07) is -0.740. The number of nitrogens with one attached hydrogen (secondary N) is 1. The van der Waals surface area contributed by atoms with Gasteiger partial charge in [-0.15, -0.1) is 11.8 Å². The first-order valence-electron chi connectivity index (χ1n) is 8.08. The van der Waals surface area contributed by atoms with E-state index in [4.69, 9.17) is 10.5 Å². The first-order chi connectivity index (χ1) is 11.0. The van der Waals surface area contributed by atoms with Gasteiger partial charge in [-0.2, -0.15) is 0 Å². The molecule has 0 radical (unpaired) electrons. The van der Waals surface area contributed by atoms with Gasteiger partial charge in [0.25, 0.3) is 0 Å². The Balaban J connectivity index is 2.29. The summed E-state index contributed by atoms with van der Waals surface area (Å²) in [7, 11) is 0. The minimum atomic E-state index is -1.02. The number of hydrogen-bond donors (Lipinski definition) is 2. The van der Waals surface area contributed by atoms with Crippen molar-refractivity contribution < 1.29 is 19.1 Å². The highest BCUT2D eigenvalue weighted by atomic mass is 32.2. The lowest BCUT2D eigenvalue weighted by Crippen LogP contribution is -2.69. The number of unbranched alkanes of at least 4 members (excludes halogenated alkanes) is 1. The molecule has 0 aliphatic carbocycles. The van der Waals surface area contributed by atoms with E-state index in [0.717, 1.165) is 12.8 Å². The van der Waals surface area contributed by atoms with Gasteiger partial charge in [0.2, 0.25) is 17.7 Å². The Morgan fingerprint density at radius 3 is 2.74 bits per heavy atom. The van der Waals surface area contributed by atoms with Gasteiger partial charge in [0.15, 0.2) is 0 Å². The van der Waals surface area contributed by atoms with Crippen LogP contribution in [0.5, 0.6) is 0 Å². The maximum Gasteiger partial charge on any atom is 0.246 e. The number of ether oxygens (including phenoxy) is 1. The van der Waals surface area contributed by atoms with Crippen LogP contribution in [0.4, 0.5) is 0 Å². The maximum atomic E-state index is 12.9. The third-order valence-electron chi connectivity index (χ3n) is 4.43. The number of thioether (sulfide) groups is 1. The lowest BCUT2D eigenvalue weighted by Gasteiger charge is -2.49. The first kappa shape index (κ1) is 18.1. The molecule has 7 nitrogen and oxygen atoms in total. The van der Waals surface area contributed by atoms with E-state index in [-0.39, 0.29) is 17.6 Å². The van der Waals surface area contributed by atoms with Gasteiger partial charge >= 0.3 is 0 Å². The molecule has 130 valence electrons. The van der Waals surface area contributed by atoms with Crippen LogP contribution in [0.3, 0.4) is 0 Å². The molecule has 0 aromatic heterocycles. The molecule has 0 spiro atoms. The highest BCUT2D eigenvalue weighted by Crippen LogP contribution is 2.34. The number of nitrogens with two attached hydrogens (primary N) is 1. The van der Waals surface area contributed by atoms with Gasteiger partial charge in [-0.25, -0.2) is 0 Å². The SMILES string of the molecule is CCCCNC(=O)C1(N2C(=O)CSC[C@H]2C(N)=O)CCOCC1. The normalized spacial score (nSPS) is 24.3. The number of hydrogen-bond acceptors (Lipinski definition) is 5. The second-order valence-corrected chi connectivity index (χ2v) is 6.98. The van der Waals surface area contributed by atoms with Crippen molar-refractivity contribution in [3.63, 3.8) is 0 Å². The molecule has 0 bridgehead atoms. The van der Waals surface area contributed by atoms with Gasteiger partial charge in [-0.3, -0.25) is 14.4 Å². The van der Waals surface area contributed by atoms with E-state index in [1.54, 1.807) is 0 Å². The monoisotopic (exact) mass is 343 g/mol. The highest BCUT2D eigenvalue weighted by molar-refractivity contribution is 8.00. The number of amides is 3. The number of carbonyl (C=O) groups is 3. The average Bonchev–Trinajstić information content (AvgIpc) is 2.55. The summed E-state index contributed by atoms with van der Waals surface area (Å²) >= 11 is 1.38. The van der Waals surface area contributed by atoms with Crippen LogP contribution in [-0.2, 0) is 19.1 Å². The number of nitrogens with zero attached hydrogens (tertiary/aromatic N) is 1. The Bertz CT molecular complexity index is 466. The van der Waals surface area contributed by atoms with Crippen molar-refractivity contribution in [2.24, 2.45) is 5.73 Å². The average molecular weight is 343 g/mol. The highest BCUT2D eigenvalue weighted by Gasteiger charge is 2.52. The van der Waals surface area contributed by atoms with Gasteiger partial charge in [0, 0.05) is 38.4 Å². The number of primary amides is 1. The minimum Gasteiger partial charge on any atom is -0.381 e. The van der Waals surface area contributed by atoms with Crippen LogP contribution in [0.25, 0.3) is 0 Å². The van der Waals surface area contributed by atoms with Crippen LogP contribution >= 0.6 is 11.8 Å². The van der Waals surface area contributed by atoms with Crippen LogP contribution in [0.2, 0.25) is 0 Å². The fourth-order valence-electron chi connectivity index (χ4n) is 3.15. The third-order valence-corrected chi connectivity index (χ3v) is 5.43. The predicted molar refractivity (Wildman–Crippen MR) is 87.9 cm³/mol. The van der Waals surface area contributed by atoms with Crippen molar-refractivity contribution in [1.82, 2.24) is 10.2 Å². The van der Waals surface area contributed by atoms with Gasteiger partial charge in [-0.05, 0) is 6.42 Å². The zero-order valence-corrected chi connectivity index (χ0v) is 14.3. The zero-order chi connectivity index (χ0) is 16.9. The van der Waals surface area contributed by atoms with Crippen molar-refractivity contribution in [3.05, 3.63) is 0 Å². The Morgan fingerprint density at radius 1 is 1.43 bits per heavy atom. The second kappa shape index (κ2) is 8.01. The van der Waals surface area contributed by atoms with Crippen LogP contribution in [0.15, 0.2) is 0 Å². The molecule has 1 atom stereocenters. The van der Waals surface area contributed by atoms with Gasteiger partial charge in [-0.1, -0.05) is 13.3 Å². The van der Waals surface area contributed by atoms with Gasteiger partial charge < -0.3 is 20.7 Å². The molecule has 3 amide bonds. The summed E-state index contributed by atoms with van der Waals surface area (Å²) in [5.74, 6) is -0.239. The lowest BCUT2D eigenvalue weighted by molar-refractivity contribution is -0.159. The molecule has 2 saturated heterocycles. The van der Waals surface area contributed by atoms with E-state index in [1.807, 2.05) is 6.92 Å². The number of carbonyl (C=O) groups excluding carboxylic acids is 3. The van der Waals surface area contributed by atoms with Gasteiger partial charge in [0.05, 0.1) is 5.75 Å². The van der Waals surface area contributed by atoms with Crippen molar-refractivity contribution in [2.45, 2.75) is 44.2 Å². The Hall–Kier alpha value is -1.28. The van der Waals surface area contributed by atoms with E-state index >= 15 is 0 Å². The quantitative estimate of drug-likeness (QED) is 0.655. The van der Waals surface area contributed by atoms with Crippen molar-refractivity contribution in [3.8, 4) is 0 Å². The Morgan fingerprint density at radius 2 is 2.13 bits per heavy atom. The molecule has 2 aliphatic rings. The molecule has 2 aliphatic heterocycles. The molecule has 2 heterocycles. The van der Waals surface area contributed by atoms with E-state index in [0.29, 0.717) is 38.4 Å². The summed E-state index contributed by atoms with van der Waals surface area (Å²) in [4.78, 5) is 38.7. The first-order valence-corrected chi connectivity index (χ1v) is 9.23. The maximum absolute atomic E-state index is 12.9. The molecular formula is C15H25N3O4S. The molecule has 0 aromatic carbocycles. The van der Waals surface area contributed by atoms with Crippen LogP contribution in [0, 0.1) is 0 Å². The second-order valence-electron chi connectivity index (χ2n) is 5.95. The Labute approximate surface area is 140 Å². The van der Waals surface area contributed by atoms with E-state index in [1.165, 1.54) is 16.7 Å². The van der Waals surface area contributed by atoms with Crippen LogP contribution in [0.1, 0.15) is 32.6 Å². The van der Waals surface area contributed by atoms with E-state index in [2.05, 4.69) is 5.32 Å². The summed E-state index contributed by atoms with van der Waals surface area (Å²) < 4.78 is 5.38. The summed E-state index contributed by atoms with van der Waals surface area (Å²) in [5, 5.41) is 2.92. The fraction of sp³-hybridized carbons (Fsp3) is 0.800.